The molecule has 4 heteroatoms. The molecule has 1 aliphatic carbocycles. The minimum atomic E-state index is -1.63. The Morgan fingerprint density at radius 2 is 1.77 bits per heavy atom. The van der Waals surface area contributed by atoms with Crippen LogP contribution in [0.2, 0.25) is 0 Å². The van der Waals surface area contributed by atoms with Crippen molar-refractivity contribution in [1.82, 2.24) is 0 Å². The van der Waals surface area contributed by atoms with Gasteiger partial charge in [-0.3, -0.25) is 4.79 Å². The third-order valence-electron chi connectivity index (χ3n) is 5.29. The lowest BCUT2D eigenvalue weighted by Gasteiger charge is -2.41. The monoisotopic (exact) mass is 350 g/mol. The van der Waals surface area contributed by atoms with E-state index in [2.05, 4.69) is 0 Å². The average molecular weight is 350 g/mol. The number of hydrogen-bond acceptors (Lipinski definition) is 4. The molecule has 0 saturated carbocycles. The number of carbonyl (C=O) groups excluding carboxylic acids is 1. The topological polar surface area (TPSA) is 66.8 Å². The van der Waals surface area contributed by atoms with Gasteiger partial charge in [0.15, 0.2) is 11.4 Å². The number of phenolic OH excluding ortho intramolecular Hbond substituents is 1. The lowest BCUT2D eigenvalue weighted by atomic mass is 9.72. The van der Waals surface area contributed by atoms with E-state index in [9.17, 15) is 15.0 Å². The largest absolute Gasteiger partial charge is 0.508 e. The Morgan fingerprint density at radius 3 is 2.50 bits per heavy atom. The van der Waals surface area contributed by atoms with Crippen molar-refractivity contribution in [2.75, 3.05) is 0 Å². The number of aliphatic hydroxyl groups is 1. The molecule has 2 aromatic carbocycles. The van der Waals surface area contributed by atoms with Gasteiger partial charge in [-0.15, -0.1) is 0 Å². The molecule has 2 N–H and O–H groups in total. The molecule has 134 valence electrons. The molecule has 0 saturated heterocycles. The van der Waals surface area contributed by atoms with Gasteiger partial charge in [-0.2, -0.15) is 0 Å². The highest BCUT2D eigenvalue weighted by atomic mass is 16.5. The van der Waals surface area contributed by atoms with Crippen molar-refractivity contribution >= 4 is 11.5 Å². The standard InChI is InChI=1S/C22H22O4/c1-21(2)12-11-17-19(26-21)16-5-3-4-6-18(16)22(25,20(17)24)13-14-7-9-15(23)10-8-14/h3-10,23,25H,11-13H2,1-2H3. The number of fused-ring (bicyclic) bond motifs is 2. The summed E-state index contributed by atoms with van der Waals surface area (Å²) >= 11 is 0. The van der Waals surface area contributed by atoms with Crippen LogP contribution in [-0.4, -0.2) is 21.6 Å². The number of carbonyl (C=O) groups is 1. The number of hydrogen-bond donors (Lipinski definition) is 2. The Morgan fingerprint density at radius 1 is 1.08 bits per heavy atom. The summed E-state index contributed by atoms with van der Waals surface area (Å²) in [6.45, 7) is 4.03. The second-order valence-electron chi connectivity index (χ2n) is 7.75. The predicted molar refractivity (Wildman–Crippen MR) is 98.5 cm³/mol. The van der Waals surface area contributed by atoms with Crippen LogP contribution in [0.5, 0.6) is 5.75 Å². The SMILES string of the molecule is CC1(C)CCC2=C(O1)c1ccccc1C(O)(Cc1ccc(O)cc1)C2=O. The minimum Gasteiger partial charge on any atom is -0.508 e. The molecule has 1 aliphatic heterocycles. The van der Waals surface area contributed by atoms with Crippen molar-refractivity contribution in [2.24, 2.45) is 0 Å². The first-order valence-electron chi connectivity index (χ1n) is 8.87. The number of Topliss-reactive ketones (excluding diaryl/α,β-unsaturated/α-hetero) is 1. The molecule has 0 aromatic heterocycles. The Labute approximate surface area is 152 Å². The van der Waals surface area contributed by atoms with Crippen LogP contribution in [0.4, 0.5) is 0 Å². The van der Waals surface area contributed by atoms with Crippen LogP contribution in [-0.2, 0) is 21.6 Å². The van der Waals surface area contributed by atoms with Gasteiger partial charge in [0, 0.05) is 23.1 Å². The van der Waals surface area contributed by atoms with E-state index in [1.807, 2.05) is 32.0 Å². The van der Waals surface area contributed by atoms with Gasteiger partial charge in [0.05, 0.1) is 0 Å². The van der Waals surface area contributed by atoms with Gasteiger partial charge < -0.3 is 14.9 Å². The van der Waals surface area contributed by atoms with Crippen LogP contribution in [0, 0.1) is 0 Å². The molecule has 2 aliphatic rings. The Hall–Kier alpha value is -2.59. The molecule has 0 radical (unpaired) electrons. The van der Waals surface area contributed by atoms with Crippen molar-refractivity contribution in [2.45, 2.75) is 44.3 Å². The highest BCUT2D eigenvalue weighted by molar-refractivity contribution is 6.10. The number of phenols is 1. The van der Waals surface area contributed by atoms with Crippen LogP contribution in [0.25, 0.3) is 5.76 Å². The van der Waals surface area contributed by atoms with Crippen molar-refractivity contribution in [3.8, 4) is 5.75 Å². The van der Waals surface area contributed by atoms with E-state index in [1.165, 1.54) is 0 Å². The molecule has 26 heavy (non-hydrogen) atoms. The molecule has 0 bridgehead atoms. The van der Waals surface area contributed by atoms with Crippen molar-refractivity contribution < 1.29 is 19.7 Å². The second-order valence-corrected chi connectivity index (χ2v) is 7.75. The van der Waals surface area contributed by atoms with Gasteiger partial charge in [-0.05, 0) is 44.4 Å². The van der Waals surface area contributed by atoms with E-state index in [4.69, 9.17) is 4.74 Å². The zero-order valence-electron chi connectivity index (χ0n) is 15.0. The Bertz CT molecular complexity index is 908. The number of ether oxygens (including phenoxy) is 1. The maximum Gasteiger partial charge on any atom is 0.198 e. The first-order valence-corrected chi connectivity index (χ1v) is 8.87. The number of benzene rings is 2. The lowest BCUT2D eigenvalue weighted by Crippen LogP contribution is -2.45. The molecule has 1 heterocycles. The Balaban J connectivity index is 1.84. The van der Waals surface area contributed by atoms with Crippen LogP contribution in [0.15, 0.2) is 54.1 Å². The zero-order chi connectivity index (χ0) is 18.5. The van der Waals surface area contributed by atoms with Crippen LogP contribution >= 0.6 is 0 Å². The van der Waals surface area contributed by atoms with E-state index in [1.54, 1.807) is 30.3 Å². The third-order valence-corrected chi connectivity index (χ3v) is 5.29. The van der Waals surface area contributed by atoms with Gasteiger partial charge in [0.2, 0.25) is 0 Å². The molecular weight excluding hydrogens is 328 g/mol. The summed E-state index contributed by atoms with van der Waals surface area (Å²) in [6.07, 6.45) is 1.48. The quantitative estimate of drug-likeness (QED) is 0.867. The second kappa shape index (κ2) is 5.71. The first kappa shape index (κ1) is 16.9. The van der Waals surface area contributed by atoms with Gasteiger partial charge in [-0.1, -0.05) is 36.4 Å². The normalized spacial score (nSPS) is 23.9. The summed E-state index contributed by atoms with van der Waals surface area (Å²) in [6, 6.07) is 14.0. The van der Waals surface area contributed by atoms with Crippen molar-refractivity contribution in [3.05, 3.63) is 70.8 Å². The maximum atomic E-state index is 13.3. The highest BCUT2D eigenvalue weighted by Crippen LogP contribution is 2.47. The minimum absolute atomic E-state index is 0.156. The molecule has 4 nitrogen and oxygen atoms in total. The lowest BCUT2D eigenvalue weighted by molar-refractivity contribution is -0.135. The average Bonchev–Trinajstić information content (AvgIpc) is 2.61. The van der Waals surface area contributed by atoms with E-state index < -0.39 is 5.60 Å². The number of ketones is 1. The van der Waals surface area contributed by atoms with Crippen LogP contribution < -0.4 is 0 Å². The third kappa shape index (κ3) is 2.61. The van der Waals surface area contributed by atoms with Crippen molar-refractivity contribution in [1.29, 1.82) is 0 Å². The molecule has 2 aromatic rings. The fourth-order valence-corrected chi connectivity index (χ4v) is 3.86. The molecule has 1 atom stereocenters. The van der Waals surface area contributed by atoms with Crippen molar-refractivity contribution in [3.63, 3.8) is 0 Å². The van der Waals surface area contributed by atoms with Gasteiger partial charge in [-0.25, -0.2) is 0 Å². The van der Waals surface area contributed by atoms with Gasteiger partial charge in [0.1, 0.15) is 17.1 Å². The molecule has 0 fully saturated rings. The van der Waals surface area contributed by atoms with E-state index in [0.717, 1.165) is 17.5 Å². The molecular formula is C22H22O4. The van der Waals surface area contributed by atoms with E-state index >= 15 is 0 Å². The van der Waals surface area contributed by atoms with Crippen LogP contribution in [0.3, 0.4) is 0 Å². The summed E-state index contributed by atoms with van der Waals surface area (Å²) in [4.78, 5) is 13.3. The first-order chi connectivity index (χ1) is 12.3. The summed E-state index contributed by atoms with van der Waals surface area (Å²) < 4.78 is 6.15. The Kier molecular flexibility index (Phi) is 3.70. The smallest absolute Gasteiger partial charge is 0.198 e. The fourth-order valence-electron chi connectivity index (χ4n) is 3.86. The van der Waals surface area contributed by atoms with E-state index in [0.29, 0.717) is 23.3 Å². The predicted octanol–water partition coefficient (Wildman–Crippen LogP) is 3.71. The fraction of sp³-hybridized carbons (Fsp3) is 0.318. The summed E-state index contributed by atoms with van der Waals surface area (Å²) in [5, 5.41) is 21.0. The number of rotatable bonds is 2. The summed E-state index contributed by atoms with van der Waals surface area (Å²) in [5.41, 5.74) is 0.764. The maximum absolute atomic E-state index is 13.3. The highest BCUT2D eigenvalue weighted by Gasteiger charge is 2.48. The van der Waals surface area contributed by atoms with E-state index in [-0.39, 0.29) is 23.6 Å². The molecule has 0 amide bonds. The zero-order valence-corrected chi connectivity index (χ0v) is 15.0. The van der Waals surface area contributed by atoms with Gasteiger partial charge in [0.25, 0.3) is 0 Å². The van der Waals surface area contributed by atoms with Crippen LogP contribution in [0.1, 0.15) is 43.4 Å². The number of aromatic hydroxyl groups is 1. The molecule has 1 unspecified atom stereocenters. The molecule has 4 rings (SSSR count). The summed E-state index contributed by atoms with van der Waals surface area (Å²) in [5.74, 6) is 0.482. The van der Waals surface area contributed by atoms with Gasteiger partial charge >= 0.3 is 0 Å². The molecule has 0 spiro atoms. The summed E-state index contributed by atoms with van der Waals surface area (Å²) in [7, 11) is 0.